The van der Waals surface area contributed by atoms with Gasteiger partial charge in [0.1, 0.15) is 10.0 Å². The van der Waals surface area contributed by atoms with E-state index in [9.17, 15) is 0 Å². The molecular weight excluding hydrogens is 274 g/mol. The summed E-state index contributed by atoms with van der Waals surface area (Å²) in [5.74, 6) is 0. The van der Waals surface area contributed by atoms with E-state index in [-0.39, 0.29) is 0 Å². The zero-order valence-corrected chi connectivity index (χ0v) is 13.2. The Bertz CT molecular complexity index is 465. The number of hydrogen-bond acceptors (Lipinski definition) is 5. The van der Waals surface area contributed by atoms with Gasteiger partial charge in [0, 0.05) is 11.3 Å². The van der Waals surface area contributed by atoms with Crippen molar-refractivity contribution in [2.45, 2.75) is 45.6 Å². The molecule has 0 saturated carbocycles. The Balaban J connectivity index is 1.83. The fraction of sp³-hybridized carbons (Fsp3) is 0.571. The van der Waals surface area contributed by atoms with Gasteiger partial charge in [-0.2, -0.15) is 0 Å². The van der Waals surface area contributed by atoms with Crippen molar-refractivity contribution in [1.29, 1.82) is 0 Å². The monoisotopic (exact) mass is 295 g/mol. The van der Waals surface area contributed by atoms with E-state index in [2.05, 4.69) is 46.9 Å². The van der Waals surface area contributed by atoms with E-state index >= 15 is 0 Å². The molecule has 0 aliphatic rings. The summed E-state index contributed by atoms with van der Waals surface area (Å²) in [7, 11) is 0. The zero-order valence-electron chi connectivity index (χ0n) is 11.6. The highest BCUT2D eigenvalue weighted by molar-refractivity contribution is 7.11. The first-order valence-corrected chi connectivity index (χ1v) is 8.61. The third-order valence-corrected chi connectivity index (χ3v) is 5.07. The Kier molecular flexibility index (Phi) is 5.94. The molecule has 3 nitrogen and oxygen atoms in total. The van der Waals surface area contributed by atoms with Crippen LogP contribution in [0.25, 0.3) is 0 Å². The Morgan fingerprint density at radius 1 is 1.26 bits per heavy atom. The largest absolute Gasteiger partial charge is 0.308 e. The van der Waals surface area contributed by atoms with E-state index in [1.807, 2.05) is 11.3 Å². The molecule has 0 fully saturated rings. The van der Waals surface area contributed by atoms with Gasteiger partial charge < -0.3 is 5.32 Å². The molecule has 0 spiro atoms. The quantitative estimate of drug-likeness (QED) is 0.804. The lowest BCUT2D eigenvalue weighted by Gasteiger charge is -2.10. The summed E-state index contributed by atoms with van der Waals surface area (Å²) >= 11 is 3.60. The first kappa shape index (κ1) is 14.6. The van der Waals surface area contributed by atoms with Crippen molar-refractivity contribution >= 4 is 22.7 Å². The molecule has 104 valence electrons. The van der Waals surface area contributed by atoms with Crippen LogP contribution in [0.3, 0.4) is 0 Å². The highest BCUT2D eigenvalue weighted by atomic mass is 32.1. The summed E-state index contributed by atoms with van der Waals surface area (Å²) in [5, 5.41) is 16.5. The summed E-state index contributed by atoms with van der Waals surface area (Å²) in [5.41, 5.74) is 0. The predicted molar refractivity (Wildman–Crippen MR) is 83.0 cm³/mol. The highest BCUT2D eigenvalue weighted by Gasteiger charge is 2.13. The standard InChI is InChI=1S/C14H21N3S2/c1-3-12(15-4-2)14-17-16-13(19-14)9-5-7-11-8-6-10-18-11/h6,8,10,12,15H,3-5,7,9H2,1-2H3. The smallest absolute Gasteiger partial charge is 0.134 e. The topological polar surface area (TPSA) is 37.8 Å². The lowest BCUT2D eigenvalue weighted by Crippen LogP contribution is -2.19. The highest BCUT2D eigenvalue weighted by Crippen LogP contribution is 2.22. The number of rotatable bonds is 8. The molecule has 2 aromatic heterocycles. The summed E-state index contributed by atoms with van der Waals surface area (Å²) in [6.45, 7) is 5.29. The first-order valence-electron chi connectivity index (χ1n) is 6.91. The van der Waals surface area contributed by atoms with Crippen LogP contribution in [0.5, 0.6) is 0 Å². The van der Waals surface area contributed by atoms with E-state index in [0.717, 1.165) is 37.2 Å². The van der Waals surface area contributed by atoms with Gasteiger partial charge in [0.15, 0.2) is 0 Å². The van der Waals surface area contributed by atoms with Crippen molar-refractivity contribution in [2.75, 3.05) is 6.54 Å². The molecule has 0 amide bonds. The molecule has 0 saturated heterocycles. The van der Waals surface area contributed by atoms with Crippen molar-refractivity contribution in [3.63, 3.8) is 0 Å². The van der Waals surface area contributed by atoms with Crippen LogP contribution in [0.15, 0.2) is 17.5 Å². The molecule has 1 atom stereocenters. The molecule has 2 heterocycles. The number of aryl methyl sites for hydroxylation is 2. The van der Waals surface area contributed by atoms with Crippen molar-refractivity contribution in [3.05, 3.63) is 32.4 Å². The van der Waals surface area contributed by atoms with E-state index in [4.69, 9.17) is 0 Å². The third kappa shape index (κ3) is 4.37. The van der Waals surface area contributed by atoms with Crippen molar-refractivity contribution in [3.8, 4) is 0 Å². The minimum Gasteiger partial charge on any atom is -0.308 e. The summed E-state index contributed by atoms with van der Waals surface area (Å²) in [4.78, 5) is 1.46. The molecule has 19 heavy (non-hydrogen) atoms. The van der Waals surface area contributed by atoms with Crippen LogP contribution in [0.4, 0.5) is 0 Å². The van der Waals surface area contributed by atoms with E-state index < -0.39 is 0 Å². The van der Waals surface area contributed by atoms with Gasteiger partial charge in [-0.15, -0.1) is 21.5 Å². The van der Waals surface area contributed by atoms with Crippen LogP contribution in [0.1, 0.15) is 47.6 Å². The minimum atomic E-state index is 0.369. The van der Waals surface area contributed by atoms with Crippen molar-refractivity contribution in [1.82, 2.24) is 15.5 Å². The Hall–Kier alpha value is -0.780. The summed E-state index contributed by atoms with van der Waals surface area (Å²) in [6.07, 6.45) is 4.42. The van der Waals surface area contributed by atoms with Crippen LogP contribution in [0.2, 0.25) is 0 Å². The molecule has 0 aliphatic heterocycles. The molecular formula is C14H21N3S2. The van der Waals surface area contributed by atoms with Gasteiger partial charge in [0.2, 0.25) is 0 Å². The molecule has 0 bridgehead atoms. The van der Waals surface area contributed by atoms with Crippen molar-refractivity contribution < 1.29 is 0 Å². The van der Waals surface area contributed by atoms with Crippen LogP contribution in [-0.2, 0) is 12.8 Å². The number of nitrogens with one attached hydrogen (secondary N) is 1. The average molecular weight is 295 g/mol. The molecule has 1 N–H and O–H groups in total. The molecule has 0 radical (unpaired) electrons. The second kappa shape index (κ2) is 7.72. The third-order valence-electron chi connectivity index (χ3n) is 3.03. The summed E-state index contributed by atoms with van der Waals surface area (Å²) < 4.78 is 0. The lowest BCUT2D eigenvalue weighted by atomic mass is 10.2. The molecule has 1 unspecified atom stereocenters. The maximum absolute atomic E-state index is 4.33. The maximum atomic E-state index is 4.33. The van der Waals surface area contributed by atoms with Gasteiger partial charge >= 0.3 is 0 Å². The van der Waals surface area contributed by atoms with E-state index in [0.29, 0.717) is 6.04 Å². The Labute approximate surface area is 123 Å². The Morgan fingerprint density at radius 2 is 2.16 bits per heavy atom. The number of hydrogen-bond donors (Lipinski definition) is 1. The van der Waals surface area contributed by atoms with Gasteiger partial charge in [0.25, 0.3) is 0 Å². The van der Waals surface area contributed by atoms with Gasteiger partial charge in [-0.3, -0.25) is 0 Å². The lowest BCUT2D eigenvalue weighted by molar-refractivity contribution is 0.530. The average Bonchev–Trinajstić information content (AvgIpc) is 3.07. The van der Waals surface area contributed by atoms with Gasteiger partial charge in [0.05, 0.1) is 6.04 Å². The number of nitrogens with zero attached hydrogens (tertiary/aromatic N) is 2. The molecule has 2 aromatic rings. The Morgan fingerprint density at radius 3 is 2.84 bits per heavy atom. The van der Waals surface area contributed by atoms with E-state index in [1.165, 1.54) is 9.88 Å². The molecule has 5 heteroatoms. The first-order chi connectivity index (χ1) is 9.33. The molecule has 2 rings (SSSR count). The number of aromatic nitrogens is 2. The number of thiophene rings is 1. The van der Waals surface area contributed by atoms with Crippen LogP contribution >= 0.6 is 22.7 Å². The zero-order chi connectivity index (χ0) is 13.5. The van der Waals surface area contributed by atoms with E-state index in [1.54, 1.807) is 11.3 Å². The SMILES string of the molecule is CCNC(CC)c1nnc(CCCc2cccs2)s1. The van der Waals surface area contributed by atoms with Crippen LogP contribution in [-0.4, -0.2) is 16.7 Å². The fourth-order valence-electron chi connectivity index (χ4n) is 2.03. The van der Waals surface area contributed by atoms with Gasteiger partial charge in [-0.25, -0.2) is 0 Å². The van der Waals surface area contributed by atoms with Gasteiger partial charge in [-0.05, 0) is 37.3 Å². The van der Waals surface area contributed by atoms with Crippen LogP contribution < -0.4 is 5.32 Å². The molecule has 0 aliphatic carbocycles. The van der Waals surface area contributed by atoms with Crippen molar-refractivity contribution in [2.24, 2.45) is 0 Å². The maximum Gasteiger partial charge on any atom is 0.134 e. The second-order valence-corrected chi connectivity index (χ2v) is 6.61. The minimum absolute atomic E-state index is 0.369. The predicted octanol–water partition coefficient (Wildman–Crippen LogP) is 3.84. The normalized spacial score (nSPS) is 12.7. The van der Waals surface area contributed by atoms with Gasteiger partial charge in [-0.1, -0.05) is 31.3 Å². The van der Waals surface area contributed by atoms with Crippen LogP contribution in [0, 0.1) is 0 Å². The fourth-order valence-corrected chi connectivity index (χ4v) is 3.82. The summed E-state index contributed by atoms with van der Waals surface area (Å²) in [6, 6.07) is 4.69. The second-order valence-electron chi connectivity index (χ2n) is 4.49. The molecule has 0 aromatic carbocycles.